The molecule has 0 aromatic heterocycles. The molecule has 0 radical (unpaired) electrons. The molecular weight excluding hydrogens is 244 g/mol. The molecule has 8 nitrogen and oxygen atoms in total. The Labute approximate surface area is 104 Å². The van der Waals surface area contributed by atoms with Gasteiger partial charge < -0.3 is 21.1 Å². The second-order valence-electron chi connectivity index (χ2n) is 3.90. The summed E-state index contributed by atoms with van der Waals surface area (Å²) in [6.45, 7) is 0.873. The van der Waals surface area contributed by atoms with Crippen molar-refractivity contribution in [2.75, 3.05) is 19.7 Å². The van der Waals surface area contributed by atoms with Crippen LogP contribution in [-0.4, -0.2) is 58.3 Å². The third-order valence-electron chi connectivity index (χ3n) is 2.64. The van der Waals surface area contributed by atoms with Crippen molar-refractivity contribution in [1.82, 2.24) is 11.1 Å². The number of carbonyl (C=O) groups is 3. The molecule has 8 heteroatoms. The Morgan fingerprint density at radius 1 is 1.17 bits per heavy atom. The van der Waals surface area contributed by atoms with E-state index < -0.39 is 36.5 Å². The van der Waals surface area contributed by atoms with Crippen LogP contribution in [0.1, 0.15) is 19.8 Å². The van der Waals surface area contributed by atoms with Gasteiger partial charge in [-0.2, -0.15) is 0 Å². The summed E-state index contributed by atoms with van der Waals surface area (Å²) in [7, 11) is 0. The molecule has 0 aromatic rings. The molecule has 0 aromatic carbocycles. The first-order valence-electron chi connectivity index (χ1n) is 5.28. The van der Waals surface area contributed by atoms with Gasteiger partial charge in [0.1, 0.15) is 5.54 Å². The van der Waals surface area contributed by atoms with E-state index in [0.29, 0.717) is 12.8 Å². The fourth-order valence-electron chi connectivity index (χ4n) is 1.72. The monoisotopic (exact) mass is 262 g/mol. The van der Waals surface area contributed by atoms with Crippen LogP contribution in [0.25, 0.3) is 0 Å². The van der Waals surface area contributed by atoms with Crippen LogP contribution in [0, 0.1) is 0 Å². The first-order valence-corrected chi connectivity index (χ1v) is 5.28. The fourth-order valence-corrected chi connectivity index (χ4v) is 1.72. The summed E-state index contributed by atoms with van der Waals surface area (Å²) < 4.78 is 4.85. The molecule has 0 amide bonds. The van der Waals surface area contributed by atoms with Crippen LogP contribution in [0.3, 0.4) is 0 Å². The Kier molecular flexibility index (Phi) is 5.73. The van der Waals surface area contributed by atoms with Crippen LogP contribution in [0.5, 0.6) is 0 Å². The van der Waals surface area contributed by atoms with E-state index in [-0.39, 0.29) is 12.8 Å². The minimum absolute atomic E-state index is 0. The summed E-state index contributed by atoms with van der Waals surface area (Å²) in [4.78, 5) is 34.1. The number of aliphatic carboxylic acids is 2. The lowest BCUT2D eigenvalue weighted by Gasteiger charge is -2.26. The van der Waals surface area contributed by atoms with E-state index in [1.54, 1.807) is 6.92 Å². The second kappa shape index (κ2) is 6.31. The lowest BCUT2D eigenvalue weighted by molar-refractivity contribution is -0.155. The van der Waals surface area contributed by atoms with Gasteiger partial charge in [0.25, 0.3) is 0 Å². The fraction of sp³-hybridized carbons (Fsp3) is 0.700. The van der Waals surface area contributed by atoms with Crippen LogP contribution >= 0.6 is 0 Å². The molecule has 18 heavy (non-hydrogen) atoms. The van der Waals surface area contributed by atoms with Gasteiger partial charge in [0.05, 0.1) is 19.7 Å². The third kappa shape index (κ3) is 3.67. The molecule has 5 N–H and O–H groups in total. The second-order valence-corrected chi connectivity index (χ2v) is 3.90. The number of hydrogen-bond acceptors (Lipinski definition) is 6. The van der Waals surface area contributed by atoms with Gasteiger partial charge in [0.15, 0.2) is 0 Å². The number of nitrogens with zero attached hydrogens (tertiary/aromatic N) is 1. The molecule has 1 fully saturated rings. The highest BCUT2D eigenvalue weighted by Crippen LogP contribution is 2.42. The van der Waals surface area contributed by atoms with Crippen molar-refractivity contribution in [2.24, 2.45) is 0 Å². The molecule has 0 atom stereocenters. The summed E-state index contributed by atoms with van der Waals surface area (Å²) >= 11 is 0. The molecule has 104 valence electrons. The van der Waals surface area contributed by atoms with Gasteiger partial charge in [0, 0.05) is 0 Å². The van der Waals surface area contributed by atoms with Crippen LogP contribution in [-0.2, 0) is 19.1 Å². The number of carboxylic acids is 2. The zero-order chi connectivity index (χ0) is 13.1. The van der Waals surface area contributed by atoms with E-state index in [0.717, 1.165) is 4.90 Å². The van der Waals surface area contributed by atoms with Crippen molar-refractivity contribution >= 4 is 17.9 Å². The molecule has 0 bridgehead atoms. The van der Waals surface area contributed by atoms with E-state index in [2.05, 4.69) is 0 Å². The maximum atomic E-state index is 11.7. The summed E-state index contributed by atoms with van der Waals surface area (Å²) in [5.41, 5.74) is -1.05. The van der Waals surface area contributed by atoms with E-state index in [1.165, 1.54) is 0 Å². The highest BCUT2D eigenvalue weighted by Gasteiger charge is 2.56. The van der Waals surface area contributed by atoms with Crippen LogP contribution in [0.15, 0.2) is 0 Å². The standard InChI is InChI=1S/C10H15NO6.H3N/c1-2-17-9(16)10(3-4-10)11(5-7(12)13)6-8(14)15;/h2-6H2,1H3,(H,12,13)(H,14,15);1H3. The van der Waals surface area contributed by atoms with Crippen molar-refractivity contribution in [1.29, 1.82) is 0 Å². The topological polar surface area (TPSA) is 139 Å². The predicted octanol–water partition coefficient (Wildman–Crippen LogP) is -0.285. The smallest absolute Gasteiger partial charge is 0.326 e. The minimum atomic E-state index is -1.16. The quantitative estimate of drug-likeness (QED) is 0.532. The Hall–Kier alpha value is -1.67. The SMILES string of the molecule is CCOC(=O)C1(N(CC(=O)O)CC(=O)O)CC1.N. The zero-order valence-corrected chi connectivity index (χ0v) is 10.2. The van der Waals surface area contributed by atoms with Gasteiger partial charge in [-0.3, -0.25) is 19.3 Å². The summed E-state index contributed by atoms with van der Waals surface area (Å²) in [6.07, 6.45) is 0.874. The maximum absolute atomic E-state index is 11.7. The largest absolute Gasteiger partial charge is 0.480 e. The number of hydrogen-bond donors (Lipinski definition) is 3. The zero-order valence-electron chi connectivity index (χ0n) is 10.2. The molecule has 1 aliphatic rings. The molecule has 0 spiro atoms. The Bertz CT molecular complexity index is 323. The molecule has 1 saturated carbocycles. The maximum Gasteiger partial charge on any atom is 0.326 e. The Morgan fingerprint density at radius 2 is 1.61 bits per heavy atom. The van der Waals surface area contributed by atoms with Crippen LogP contribution in [0.2, 0.25) is 0 Å². The number of carbonyl (C=O) groups excluding carboxylic acids is 1. The molecular formula is C10H18N2O6. The Balaban J connectivity index is 0.00000289. The van der Waals surface area contributed by atoms with Crippen LogP contribution < -0.4 is 6.15 Å². The van der Waals surface area contributed by atoms with E-state index in [9.17, 15) is 14.4 Å². The summed E-state index contributed by atoms with van der Waals surface area (Å²) in [6, 6.07) is 0. The van der Waals surface area contributed by atoms with Crippen molar-refractivity contribution in [3.63, 3.8) is 0 Å². The van der Waals surface area contributed by atoms with Crippen molar-refractivity contribution < 1.29 is 29.3 Å². The van der Waals surface area contributed by atoms with Gasteiger partial charge in [0.2, 0.25) is 0 Å². The molecule has 1 aliphatic carbocycles. The normalized spacial score (nSPS) is 15.7. The molecule has 0 aliphatic heterocycles. The highest BCUT2D eigenvalue weighted by atomic mass is 16.5. The molecule has 1 rings (SSSR count). The third-order valence-corrected chi connectivity index (χ3v) is 2.64. The van der Waals surface area contributed by atoms with E-state index in [1.807, 2.05) is 0 Å². The lowest BCUT2D eigenvalue weighted by Crippen LogP contribution is -2.49. The van der Waals surface area contributed by atoms with Gasteiger partial charge in [-0.05, 0) is 19.8 Å². The van der Waals surface area contributed by atoms with Gasteiger partial charge in [-0.1, -0.05) is 0 Å². The van der Waals surface area contributed by atoms with Crippen LogP contribution in [0.4, 0.5) is 0 Å². The Morgan fingerprint density at radius 3 is 1.89 bits per heavy atom. The average molecular weight is 262 g/mol. The number of ether oxygens (including phenoxy) is 1. The lowest BCUT2D eigenvalue weighted by atomic mass is 10.2. The number of carboxylic acid groups (broad SMARTS) is 2. The van der Waals surface area contributed by atoms with Crippen molar-refractivity contribution in [2.45, 2.75) is 25.3 Å². The first-order chi connectivity index (χ1) is 7.92. The van der Waals surface area contributed by atoms with Crippen molar-refractivity contribution in [3.05, 3.63) is 0 Å². The number of rotatable bonds is 7. The van der Waals surface area contributed by atoms with Gasteiger partial charge >= 0.3 is 17.9 Å². The van der Waals surface area contributed by atoms with E-state index >= 15 is 0 Å². The van der Waals surface area contributed by atoms with E-state index in [4.69, 9.17) is 14.9 Å². The van der Waals surface area contributed by atoms with Gasteiger partial charge in [-0.15, -0.1) is 0 Å². The summed E-state index contributed by atoms with van der Waals surface area (Å²) in [5, 5.41) is 17.4. The molecule has 0 unspecified atom stereocenters. The number of esters is 1. The summed E-state index contributed by atoms with van der Waals surface area (Å²) in [5.74, 6) is -2.87. The van der Waals surface area contributed by atoms with Gasteiger partial charge in [-0.25, -0.2) is 0 Å². The average Bonchev–Trinajstić information content (AvgIpc) is 2.96. The highest BCUT2D eigenvalue weighted by molar-refractivity contribution is 5.86. The van der Waals surface area contributed by atoms with Crippen molar-refractivity contribution in [3.8, 4) is 0 Å². The predicted molar refractivity (Wildman–Crippen MR) is 60.5 cm³/mol. The molecule has 0 heterocycles. The minimum Gasteiger partial charge on any atom is -0.480 e. The first kappa shape index (κ1) is 16.3. The molecule has 0 saturated heterocycles.